The molecule has 0 bridgehead atoms. The molecule has 0 saturated carbocycles. The van der Waals surface area contributed by atoms with Gasteiger partial charge in [-0.25, -0.2) is 0 Å². The van der Waals surface area contributed by atoms with E-state index in [1.54, 1.807) is 0 Å². The third-order valence-corrected chi connectivity index (χ3v) is 6.57. The summed E-state index contributed by atoms with van der Waals surface area (Å²) in [7, 11) is 0. The van der Waals surface area contributed by atoms with Crippen LogP contribution in [0.5, 0.6) is 0 Å². The van der Waals surface area contributed by atoms with E-state index in [4.69, 9.17) is 0 Å². The van der Waals surface area contributed by atoms with Crippen molar-refractivity contribution < 1.29 is 4.79 Å². The lowest BCUT2D eigenvalue weighted by Gasteiger charge is -2.21. The third-order valence-electron chi connectivity index (χ3n) is 5.49. The number of thioether (sulfide) groups is 1. The van der Waals surface area contributed by atoms with E-state index in [1.807, 2.05) is 72.5 Å². The number of benzene rings is 3. The van der Waals surface area contributed by atoms with Crippen molar-refractivity contribution in [3.63, 3.8) is 0 Å². The fraction of sp³-hybridized carbons (Fsp3) is 0.160. The predicted molar refractivity (Wildman–Crippen MR) is 123 cm³/mol. The summed E-state index contributed by atoms with van der Waals surface area (Å²) >= 11 is 1.48. The molecule has 2 heterocycles. The number of anilines is 1. The normalized spacial score (nSPS) is 14.0. The zero-order chi connectivity index (χ0) is 20.5. The SMILES string of the molecule is CC(Sc1nnc(-c2ccccc2)c2ccccc12)C(=O)N1CCc2ccccc21. The first-order valence-electron chi connectivity index (χ1n) is 10.1. The summed E-state index contributed by atoms with van der Waals surface area (Å²) in [5.41, 5.74) is 4.17. The number of fused-ring (bicyclic) bond motifs is 2. The highest BCUT2D eigenvalue weighted by Gasteiger charge is 2.29. The second kappa shape index (κ2) is 7.92. The van der Waals surface area contributed by atoms with Gasteiger partial charge in [0.15, 0.2) is 0 Å². The molecule has 4 nitrogen and oxygen atoms in total. The van der Waals surface area contributed by atoms with Crippen molar-refractivity contribution in [3.05, 3.63) is 84.4 Å². The van der Waals surface area contributed by atoms with Crippen LogP contribution in [0.15, 0.2) is 83.9 Å². The lowest BCUT2D eigenvalue weighted by atomic mass is 10.1. The van der Waals surface area contributed by atoms with Crippen molar-refractivity contribution in [1.82, 2.24) is 10.2 Å². The Hall–Kier alpha value is -3.18. The summed E-state index contributed by atoms with van der Waals surface area (Å²) in [5.74, 6) is 0.114. The van der Waals surface area contributed by atoms with Gasteiger partial charge < -0.3 is 4.90 Å². The van der Waals surface area contributed by atoms with Crippen molar-refractivity contribution >= 4 is 34.1 Å². The van der Waals surface area contributed by atoms with E-state index < -0.39 is 0 Å². The topological polar surface area (TPSA) is 46.1 Å². The van der Waals surface area contributed by atoms with E-state index in [-0.39, 0.29) is 11.2 Å². The maximum absolute atomic E-state index is 13.2. The van der Waals surface area contributed by atoms with Crippen LogP contribution in [0.4, 0.5) is 5.69 Å². The molecular formula is C25H21N3OS. The molecule has 4 aromatic rings. The van der Waals surface area contributed by atoms with Gasteiger partial charge in [0.2, 0.25) is 5.91 Å². The number of hydrogen-bond acceptors (Lipinski definition) is 4. The van der Waals surface area contributed by atoms with E-state index >= 15 is 0 Å². The van der Waals surface area contributed by atoms with Crippen molar-refractivity contribution in [3.8, 4) is 11.3 Å². The Balaban J connectivity index is 1.45. The summed E-state index contributed by atoms with van der Waals surface area (Å²) < 4.78 is 0. The van der Waals surface area contributed by atoms with E-state index in [2.05, 4.69) is 28.4 Å². The molecule has 0 radical (unpaired) electrons. The van der Waals surface area contributed by atoms with Crippen LogP contribution in [0.1, 0.15) is 12.5 Å². The van der Waals surface area contributed by atoms with Crippen LogP contribution in [0.3, 0.4) is 0 Å². The van der Waals surface area contributed by atoms with Gasteiger partial charge >= 0.3 is 0 Å². The Bertz CT molecular complexity index is 1230. The van der Waals surface area contributed by atoms with Gasteiger partial charge in [0.25, 0.3) is 0 Å². The second-order valence-corrected chi connectivity index (χ2v) is 8.72. The maximum Gasteiger partial charge on any atom is 0.240 e. The van der Waals surface area contributed by atoms with E-state index in [0.717, 1.165) is 45.7 Å². The first-order chi connectivity index (χ1) is 14.7. The largest absolute Gasteiger partial charge is 0.311 e. The molecule has 0 fully saturated rings. The molecule has 30 heavy (non-hydrogen) atoms. The number of hydrogen-bond donors (Lipinski definition) is 0. The van der Waals surface area contributed by atoms with Gasteiger partial charge in [0.1, 0.15) is 10.7 Å². The highest BCUT2D eigenvalue weighted by Crippen LogP contribution is 2.35. The summed E-state index contributed by atoms with van der Waals surface area (Å²) in [5, 5.41) is 11.7. The Morgan fingerprint density at radius 3 is 2.43 bits per heavy atom. The average Bonchev–Trinajstić information content (AvgIpc) is 3.23. The molecule has 1 aliphatic heterocycles. The summed E-state index contributed by atoms with van der Waals surface area (Å²) in [6.45, 7) is 2.69. The van der Waals surface area contributed by atoms with Crippen LogP contribution in [0.25, 0.3) is 22.0 Å². The highest BCUT2D eigenvalue weighted by molar-refractivity contribution is 8.00. The highest BCUT2D eigenvalue weighted by atomic mass is 32.2. The molecular weight excluding hydrogens is 390 g/mol. The molecule has 148 valence electrons. The molecule has 1 aliphatic rings. The molecule has 1 atom stereocenters. The molecule has 5 heteroatoms. The molecule has 5 rings (SSSR count). The molecule has 0 N–H and O–H groups in total. The van der Waals surface area contributed by atoms with Gasteiger partial charge in [-0.2, -0.15) is 0 Å². The van der Waals surface area contributed by atoms with Crippen LogP contribution in [0.2, 0.25) is 0 Å². The first-order valence-corrected chi connectivity index (χ1v) is 11.0. The van der Waals surface area contributed by atoms with Crippen molar-refractivity contribution in [2.75, 3.05) is 11.4 Å². The minimum atomic E-state index is -0.253. The number of rotatable bonds is 4. The van der Waals surface area contributed by atoms with Crippen molar-refractivity contribution in [2.24, 2.45) is 0 Å². The monoisotopic (exact) mass is 411 g/mol. The maximum atomic E-state index is 13.2. The third kappa shape index (κ3) is 3.35. The van der Waals surface area contributed by atoms with Crippen LogP contribution in [0, 0.1) is 0 Å². The summed E-state index contributed by atoms with van der Waals surface area (Å²) in [6.07, 6.45) is 0.911. The molecule has 0 aliphatic carbocycles. The zero-order valence-electron chi connectivity index (χ0n) is 16.7. The van der Waals surface area contributed by atoms with Gasteiger partial charge in [-0.05, 0) is 25.0 Å². The molecule has 3 aromatic carbocycles. The van der Waals surface area contributed by atoms with Gasteiger partial charge in [0, 0.05) is 28.6 Å². The van der Waals surface area contributed by atoms with Gasteiger partial charge in [-0.15, -0.1) is 10.2 Å². The Morgan fingerprint density at radius 2 is 1.60 bits per heavy atom. The number of carbonyl (C=O) groups excluding carboxylic acids is 1. The number of aromatic nitrogens is 2. The number of nitrogens with zero attached hydrogens (tertiary/aromatic N) is 3. The van der Waals surface area contributed by atoms with E-state index in [0.29, 0.717) is 0 Å². The van der Waals surface area contributed by atoms with Gasteiger partial charge in [-0.3, -0.25) is 4.79 Å². The fourth-order valence-electron chi connectivity index (χ4n) is 3.98. The van der Waals surface area contributed by atoms with E-state index in [1.165, 1.54) is 17.3 Å². The molecule has 0 saturated heterocycles. The standard InChI is InChI=1S/C25H21N3OS/c1-17(25(29)28-16-15-18-9-5-8-14-22(18)28)30-24-21-13-7-6-12-20(21)23(26-27-24)19-10-3-2-4-11-19/h2-14,17H,15-16H2,1H3. The van der Waals surface area contributed by atoms with Crippen LogP contribution in [-0.4, -0.2) is 27.9 Å². The smallest absolute Gasteiger partial charge is 0.240 e. The summed E-state index contributed by atoms with van der Waals surface area (Å²) in [6, 6.07) is 26.4. The number of amides is 1. The van der Waals surface area contributed by atoms with Gasteiger partial charge in [-0.1, -0.05) is 84.6 Å². The average molecular weight is 412 g/mol. The molecule has 1 unspecified atom stereocenters. The number of carbonyl (C=O) groups is 1. The number of para-hydroxylation sites is 1. The first kappa shape index (κ1) is 18.8. The summed E-state index contributed by atoms with van der Waals surface area (Å²) in [4.78, 5) is 15.1. The quantitative estimate of drug-likeness (QED) is 0.424. The fourth-order valence-corrected chi connectivity index (χ4v) is 4.94. The minimum absolute atomic E-state index is 0.114. The lowest BCUT2D eigenvalue weighted by Crippen LogP contribution is -2.35. The van der Waals surface area contributed by atoms with E-state index in [9.17, 15) is 4.79 Å². The predicted octanol–water partition coefficient (Wildman–Crippen LogP) is 5.37. The Morgan fingerprint density at radius 1 is 0.900 bits per heavy atom. The Labute approximate surface area is 179 Å². The van der Waals surface area contributed by atoms with Crippen molar-refractivity contribution in [1.29, 1.82) is 0 Å². The zero-order valence-corrected chi connectivity index (χ0v) is 17.5. The molecule has 1 amide bonds. The molecule has 0 spiro atoms. The Kier molecular flexibility index (Phi) is 4.97. The lowest BCUT2D eigenvalue weighted by molar-refractivity contribution is -0.117. The van der Waals surface area contributed by atoms with Crippen LogP contribution in [-0.2, 0) is 11.2 Å². The second-order valence-electron chi connectivity index (χ2n) is 7.39. The van der Waals surface area contributed by atoms with Crippen LogP contribution < -0.4 is 4.90 Å². The van der Waals surface area contributed by atoms with Crippen LogP contribution >= 0.6 is 11.8 Å². The van der Waals surface area contributed by atoms with Gasteiger partial charge in [0.05, 0.1) is 5.25 Å². The van der Waals surface area contributed by atoms with Crippen molar-refractivity contribution in [2.45, 2.75) is 23.6 Å². The molecule has 1 aromatic heterocycles. The minimum Gasteiger partial charge on any atom is -0.311 e.